The number of halogens is 1. The summed E-state index contributed by atoms with van der Waals surface area (Å²) >= 11 is 5.98. The number of hydrogen-bond donors (Lipinski definition) is 2. The van der Waals surface area contributed by atoms with E-state index in [0.717, 1.165) is 25.7 Å². The molecule has 2 atom stereocenters. The Bertz CT molecular complexity index is 512. The van der Waals surface area contributed by atoms with E-state index in [1.54, 1.807) is 0 Å². The summed E-state index contributed by atoms with van der Waals surface area (Å²) < 4.78 is 0. The molecule has 0 aromatic carbocycles. The number of nitrogens with zero attached hydrogens (tertiary/aromatic N) is 2. The predicted octanol–water partition coefficient (Wildman–Crippen LogP) is 3.00. The van der Waals surface area contributed by atoms with E-state index in [1.807, 2.05) is 6.92 Å². The summed E-state index contributed by atoms with van der Waals surface area (Å²) in [4.78, 5) is 14.1. The maximum Gasteiger partial charge on any atom is 0.289 e. The number of pyridine rings is 1. The molecule has 0 spiro atoms. The highest BCUT2D eigenvalue weighted by atomic mass is 35.5. The molecule has 2 N–H and O–H groups in total. The van der Waals surface area contributed by atoms with Crippen molar-refractivity contribution in [2.75, 3.05) is 11.9 Å². The maximum atomic E-state index is 10.6. The lowest BCUT2D eigenvalue weighted by Crippen LogP contribution is -2.41. The van der Waals surface area contributed by atoms with E-state index in [1.165, 1.54) is 12.3 Å². The van der Waals surface area contributed by atoms with Crippen molar-refractivity contribution >= 4 is 23.1 Å². The zero-order valence-electron chi connectivity index (χ0n) is 11.3. The van der Waals surface area contributed by atoms with Gasteiger partial charge in [-0.3, -0.25) is 10.1 Å². The molecule has 1 heterocycles. The average Bonchev–Trinajstić information content (AvgIpc) is 2.41. The summed E-state index contributed by atoms with van der Waals surface area (Å²) in [5.41, 5.74) is -0.352. The van der Waals surface area contributed by atoms with Crippen LogP contribution in [-0.4, -0.2) is 27.7 Å². The van der Waals surface area contributed by atoms with Crippen molar-refractivity contribution in [2.45, 2.75) is 38.7 Å². The molecule has 2 unspecified atom stereocenters. The molecule has 20 heavy (non-hydrogen) atoms. The summed E-state index contributed by atoms with van der Waals surface area (Å²) in [5.74, 6) is 0.413. The topological polar surface area (TPSA) is 88.3 Å². The van der Waals surface area contributed by atoms with Gasteiger partial charge < -0.3 is 10.4 Å². The second-order valence-electron chi connectivity index (χ2n) is 5.55. The van der Waals surface area contributed by atoms with Crippen molar-refractivity contribution in [3.8, 4) is 0 Å². The molecule has 1 saturated carbocycles. The molecule has 0 amide bonds. The minimum atomic E-state index is -0.533. The van der Waals surface area contributed by atoms with Gasteiger partial charge in [0.25, 0.3) is 5.69 Å². The van der Waals surface area contributed by atoms with Gasteiger partial charge in [-0.15, -0.1) is 0 Å². The minimum Gasteiger partial charge on any atom is -0.392 e. The minimum absolute atomic E-state index is 0.135. The first kappa shape index (κ1) is 15.0. The Kier molecular flexibility index (Phi) is 4.45. The lowest BCUT2D eigenvalue weighted by molar-refractivity contribution is -0.385. The lowest BCUT2D eigenvalue weighted by Gasteiger charge is -2.38. The number of anilines is 1. The third kappa shape index (κ3) is 3.19. The van der Waals surface area contributed by atoms with Gasteiger partial charge in [0.15, 0.2) is 0 Å². The largest absolute Gasteiger partial charge is 0.392 e. The zero-order valence-corrected chi connectivity index (χ0v) is 12.1. The van der Waals surface area contributed by atoms with E-state index in [0.29, 0.717) is 12.4 Å². The van der Waals surface area contributed by atoms with E-state index < -0.39 is 4.92 Å². The van der Waals surface area contributed by atoms with Gasteiger partial charge in [-0.1, -0.05) is 31.4 Å². The van der Waals surface area contributed by atoms with Crippen molar-refractivity contribution in [3.05, 3.63) is 27.4 Å². The van der Waals surface area contributed by atoms with Crippen LogP contribution in [0.25, 0.3) is 0 Å². The van der Waals surface area contributed by atoms with Crippen LogP contribution in [0.4, 0.5) is 11.5 Å². The van der Waals surface area contributed by atoms with Crippen molar-refractivity contribution < 1.29 is 10.0 Å². The summed E-state index contributed by atoms with van der Waals surface area (Å²) in [7, 11) is 0. The van der Waals surface area contributed by atoms with E-state index in [4.69, 9.17) is 11.6 Å². The van der Waals surface area contributed by atoms with Crippen molar-refractivity contribution in [1.82, 2.24) is 4.98 Å². The maximum absolute atomic E-state index is 10.6. The summed E-state index contributed by atoms with van der Waals surface area (Å²) in [6.45, 7) is 2.57. The third-order valence-corrected chi connectivity index (χ3v) is 4.27. The van der Waals surface area contributed by atoms with Gasteiger partial charge in [0.1, 0.15) is 12.0 Å². The number of rotatable bonds is 4. The molecule has 7 heteroatoms. The first-order valence-corrected chi connectivity index (χ1v) is 7.02. The molecule has 1 aliphatic rings. The van der Waals surface area contributed by atoms with Crippen LogP contribution in [0.15, 0.2) is 12.3 Å². The Morgan fingerprint density at radius 3 is 3.00 bits per heavy atom. The van der Waals surface area contributed by atoms with Gasteiger partial charge in [0.05, 0.1) is 16.0 Å². The van der Waals surface area contributed by atoms with Crippen LogP contribution in [0.3, 0.4) is 0 Å². The van der Waals surface area contributed by atoms with Gasteiger partial charge >= 0.3 is 0 Å². The van der Waals surface area contributed by atoms with Crippen molar-refractivity contribution in [1.29, 1.82) is 0 Å². The van der Waals surface area contributed by atoms with Crippen LogP contribution in [-0.2, 0) is 0 Å². The fourth-order valence-corrected chi connectivity index (χ4v) is 2.76. The quantitative estimate of drug-likeness (QED) is 0.659. The van der Waals surface area contributed by atoms with Crippen LogP contribution in [0, 0.1) is 15.5 Å². The SMILES string of the molecule is CC1(CNc2ncc([N+](=O)[O-])cc2Cl)CCCCC1O. The van der Waals surface area contributed by atoms with E-state index in [9.17, 15) is 15.2 Å². The molecular weight excluding hydrogens is 282 g/mol. The second kappa shape index (κ2) is 5.93. The summed E-state index contributed by atoms with van der Waals surface area (Å²) in [6.07, 6.45) is 4.71. The number of aliphatic hydroxyl groups is 1. The van der Waals surface area contributed by atoms with Crippen LogP contribution < -0.4 is 5.32 Å². The fraction of sp³-hybridized carbons (Fsp3) is 0.615. The zero-order chi connectivity index (χ0) is 14.8. The summed E-state index contributed by atoms with van der Waals surface area (Å²) in [6, 6.07) is 1.27. The second-order valence-corrected chi connectivity index (χ2v) is 5.96. The Hall–Kier alpha value is -1.40. The monoisotopic (exact) mass is 299 g/mol. The number of hydrogen-bond acceptors (Lipinski definition) is 5. The molecule has 0 aliphatic heterocycles. The standard InChI is InChI=1S/C13H18ClN3O3/c1-13(5-3-2-4-11(13)18)8-16-12-10(14)6-9(7-15-12)17(19)20/h6-7,11,18H,2-5,8H2,1H3,(H,15,16). The number of nitro groups is 1. The molecule has 1 aliphatic carbocycles. The Morgan fingerprint density at radius 1 is 1.65 bits per heavy atom. The Labute approximate surface area is 122 Å². The van der Waals surface area contributed by atoms with Gasteiger partial charge in [0, 0.05) is 18.0 Å². The molecule has 1 fully saturated rings. The van der Waals surface area contributed by atoms with Crippen molar-refractivity contribution in [2.24, 2.45) is 5.41 Å². The van der Waals surface area contributed by atoms with Crippen LogP contribution in [0.5, 0.6) is 0 Å². The smallest absolute Gasteiger partial charge is 0.289 e. The Morgan fingerprint density at radius 2 is 2.40 bits per heavy atom. The first-order valence-electron chi connectivity index (χ1n) is 6.64. The van der Waals surface area contributed by atoms with Crippen LogP contribution in [0.1, 0.15) is 32.6 Å². The molecule has 6 nitrogen and oxygen atoms in total. The van der Waals surface area contributed by atoms with E-state index >= 15 is 0 Å². The molecule has 2 rings (SSSR count). The van der Waals surface area contributed by atoms with Gasteiger partial charge in [-0.25, -0.2) is 4.98 Å². The predicted molar refractivity (Wildman–Crippen MR) is 77.0 cm³/mol. The van der Waals surface area contributed by atoms with Crippen LogP contribution >= 0.6 is 11.6 Å². The molecule has 110 valence electrons. The van der Waals surface area contributed by atoms with Gasteiger partial charge in [0.2, 0.25) is 0 Å². The highest BCUT2D eigenvalue weighted by Gasteiger charge is 2.35. The number of nitrogens with one attached hydrogen (secondary N) is 1. The van der Waals surface area contributed by atoms with Crippen molar-refractivity contribution in [3.63, 3.8) is 0 Å². The Balaban J connectivity index is 2.05. The van der Waals surface area contributed by atoms with E-state index in [2.05, 4.69) is 10.3 Å². The van der Waals surface area contributed by atoms with Crippen LogP contribution in [0.2, 0.25) is 5.02 Å². The van der Waals surface area contributed by atoms with E-state index in [-0.39, 0.29) is 22.2 Å². The highest BCUT2D eigenvalue weighted by molar-refractivity contribution is 6.33. The van der Waals surface area contributed by atoms with Gasteiger partial charge in [-0.05, 0) is 12.8 Å². The molecular formula is C13H18ClN3O3. The number of aliphatic hydroxyl groups excluding tert-OH is 1. The fourth-order valence-electron chi connectivity index (χ4n) is 2.53. The summed E-state index contributed by atoms with van der Waals surface area (Å²) in [5, 5.41) is 24.0. The lowest BCUT2D eigenvalue weighted by atomic mass is 9.73. The average molecular weight is 300 g/mol. The van der Waals surface area contributed by atoms with Gasteiger partial charge in [-0.2, -0.15) is 0 Å². The molecule has 0 radical (unpaired) electrons. The molecule has 0 saturated heterocycles. The number of aromatic nitrogens is 1. The highest BCUT2D eigenvalue weighted by Crippen LogP contribution is 2.36. The molecule has 1 aromatic heterocycles. The third-order valence-electron chi connectivity index (χ3n) is 3.98. The first-order chi connectivity index (χ1) is 9.42. The molecule has 1 aromatic rings. The molecule has 0 bridgehead atoms. The normalized spacial score (nSPS) is 26.2.